The van der Waals surface area contributed by atoms with Gasteiger partial charge in [0.2, 0.25) is 5.91 Å². The third-order valence-electron chi connectivity index (χ3n) is 4.52. The number of amides is 1. The minimum Gasteiger partial charge on any atom is -0.493 e. The number of hydrogen-bond acceptors (Lipinski definition) is 4. The second kappa shape index (κ2) is 9.75. The third-order valence-corrected chi connectivity index (χ3v) is 4.52. The lowest BCUT2D eigenvalue weighted by Crippen LogP contribution is -2.24. The Labute approximate surface area is 165 Å². The van der Waals surface area contributed by atoms with Crippen molar-refractivity contribution < 1.29 is 9.53 Å². The summed E-state index contributed by atoms with van der Waals surface area (Å²) in [6, 6.07) is 9.61. The predicted octanol–water partition coefficient (Wildman–Crippen LogP) is 3.15. The van der Waals surface area contributed by atoms with E-state index < -0.39 is 0 Å². The third kappa shape index (κ3) is 5.71. The number of carbonyl (C=O) groups is 1. The first kappa shape index (κ1) is 21.2. The van der Waals surface area contributed by atoms with E-state index in [1.54, 1.807) is 13.8 Å². The van der Waals surface area contributed by atoms with Gasteiger partial charge in [-0.25, -0.2) is 0 Å². The van der Waals surface area contributed by atoms with E-state index in [0.717, 1.165) is 16.9 Å². The van der Waals surface area contributed by atoms with Crippen LogP contribution in [0.25, 0.3) is 0 Å². The Bertz CT molecular complexity index is 922. The van der Waals surface area contributed by atoms with Crippen LogP contribution in [-0.2, 0) is 17.8 Å². The number of nitriles is 1. The molecule has 1 aromatic heterocycles. The minimum atomic E-state index is -0.383. The van der Waals surface area contributed by atoms with Gasteiger partial charge in [0.1, 0.15) is 17.4 Å². The fraction of sp³-hybridized carbons (Fsp3) is 0.409. The summed E-state index contributed by atoms with van der Waals surface area (Å²) in [5.74, 6) is 1.21. The summed E-state index contributed by atoms with van der Waals surface area (Å²) in [6.45, 7) is 8.84. The standard InChI is InChI=1S/C22H27N3O3/c1-14(2)13-28-18-7-5-17(6-8-18)12-24-21(26)10-9-19-15(3)20(11-23)22(27)25-16(19)4/h5-8,14H,9-10,12-13H2,1-4H3,(H,24,26)(H,25,27). The first-order valence-corrected chi connectivity index (χ1v) is 9.42. The molecule has 0 aliphatic rings. The van der Waals surface area contributed by atoms with Gasteiger partial charge in [0, 0.05) is 18.7 Å². The molecule has 1 aromatic carbocycles. The second-order valence-electron chi connectivity index (χ2n) is 7.30. The summed E-state index contributed by atoms with van der Waals surface area (Å²) in [4.78, 5) is 26.7. The topological polar surface area (TPSA) is 95.0 Å². The Morgan fingerprint density at radius 2 is 1.93 bits per heavy atom. The van der Waals surface area contributed by atoms with Crippen molar-refractivity contribution in [3.8, 4) is 11.8 Å². The van der Waals surface area contributed by atoms with Crippen LogP contribution < -0.4 is 15.6 Å². The van der Waals surface area contributed by atoms with Crippen molar-refractivity contribution in [2.45, 2.75) is 47.1 Å². The highest BCUT2D eigenvalue weighted by molar-refractivity contribution is 5.76. The zero-order chi connectivity index (χ0) is 20.7. The van der Waals surface area contributed by atoms with Crippen LogP contribution in [0.1, 0.15) is 48.2 Å². The van der Waals surface area contributed by atoms with Gasteiger partial charge in [0.15, 0.2) is 0 Å². The van der Waals surface area contributed by atoms with Crippen molar-refractivity contribution >= 4 is 5.91 Å². The molecule has 1 amide bonds. The molecule has 2 N–H and O–H groups in total. The lowest BCUT2D eigenvalue weighted by atomic mass is 9.99. The Morgan fingerprint density at radius 1 is 1.25 bits per heavy atom. The number of H-pyrrole nitrogens is 1. The van der Waals surface area contributed by atoms with Gasteiger partial charge in [0.25, 0.3) is 5.56 Å². The average Bonchev–Trinajstić information content (AvgIpc) is 2.65. The van der Waals surface area contributed by atoms with E-state index in [0.29, 0.717) is 36.7 Å². The Kier molecular flexibility index (Phi) is 7.39. The van der Waals surface area contributed by atoms with Gasteiger partial charge >= 0.3 is 0 Å². The molecule has 1 heterocycles. The smallest absolute Gasteiger partial charge is 0.266 e. The number of aromatic nitrogens is 1. The molecule has 0 aliphatic heterocycles. The quantitative estimate of drug-likeness (QED) is 0.734. The van der Waals surface area contributed by atoms with Crippen LogP contribution in [0.4, 0.5) is 0 Å². The van der Waals surface area contributed by atoms with E-state index >= 15 is 0 Å². The van der Waals surface area contributed by atoms with Crippen LogP contribution in [0.15, 0.2) is 29.1 Å². The number of pyridine rings is 1. The first-order chi connectivity index (χ1) is 13.3. The Morgan fingerprint density at radius 3 is 2.54 bits per heavy atom. The fourth-order valence-electron chi connectivity index (χ4n) is 2.91. The number of aryl methyl sites for hydroxylation is 1. The molecule has 0 saturated heterocycles. The molecule has 2 rings (SSSR count). The minimum absolute atomic E-state index is 0.0800. The highest BCUT2D eigenvalue weighted by Crippen LogP contribution is 2.15. The molecule has 0 radical (unpaired) electrons. The van der Waals surface area contributed by atoms with Crippen molar-refractivity contribution in [3.63, 3.8) is 0 Å². The maximum atomic E-state index is 12.2. The van der Waals surface area contributed by atoms with Crippen LogP contribution in [0, 0.1) is 31.1 Å². The van der Waals surface area contributed by atoms with Crippen LogP contribution in [0.3, 0.4) is 0 Å². The highest BCUT2D eigenvalue weighted by Gasteiger charge is 2.13. The first-order valence-electron chi connectivity index (χ1n) is 9.42. The monoisotopic (exact) mass is 381 g/mol. The van der Waals surface area contributed by atoms with E-state index in [2.05, 4.69) is 24.1 Å². The molecule has 148 valence electrons. The predicted molar refractivity (Wildman–Crippen MR) is 108 cm³/mol. The van der Waals surface area contributed by atoms with Gasteiger partial charge in [-0.2, -0.15) is 5.26 Å². The van der Waals surface area contributed by atoms with E-state index in [1.165, 1.54) is 0 Å². The number of benzene rings is 1. The summed E-state index contributed by atoms with van der Waals surface area (Å²) < 4.78 is 5.65. The van der Waals surface area contributed by atoms with Gasteiger partial charge in [-0.15, -0.1) is 0 Å². The maximum Gasteiger partial charge on any atom is 0.266 e. The molecule has 0 aliphatic carbocycles. The van der Waals surface area contributed by atoms with Crippen molar-refractivity contribution in [2.75, 3.05) is 6.61 Å². The molecular weight excluding hydrogens is 354 g/mol. The van der Waals surface area contributed by atoms with Gasteiger partial charge in [-0.3, -0.25) is 9.59 Å². The lowest BCUT2D eigenvalue weighted by Gasteiger charge is -2.11. The molecule has 6 heteroatoms. The molecule has 0 atom stereocenters. The van der Waals surface area contributed by atoms with Crippen molar-refractivity contribution in [2.24, 2.45) is 5.92 Å². The number of aromatic amines is 1. The van der Waals surface area contributed by atoms with Gasteiger partial charge in [-0.1, -0.05) is 26.0 Å². The molecule has 2 aromatic rings. The molecule has 0 unspecified atom stereocenters. The maximum absolute atomic E-state index is 12.2. The fourth-order valence-corrected chi connectivity index (χ4v) is 2.91. The molecule has 28 heavy (non-hydrogen) atoms. The van der Waals surface area contributed by atoms with E-state index in [-0.39, 0.29) is 23.5 Å². The number of nitrogens with zero attached hydrogens (tertiary/aromatic N) is 1. The summed E-state index contributed by atoms with van der Waals surface area (Å²) in [5, 5.41) is 12.0. The van der Waals surface area contributed by atoms with E-state index in [1.807, 2.05) is 30.3 Å². The molecule has 0 fully saturated rings. The summed E-state index contributed by atoms with van der Waals surface area (Å²) >= 11 is 0. The number of nitrogens with one attached hydrogen (secondary N) is 2. The van der Waals surface area contributed by atoms with Gasteiger partial charge < -0.3 is 15.0 Å². The van der Waals surface area contributed by atoms with Crippen LogP contribution >= 0.6 is 0 Å². The van der Waals surface area contributed by atoms with Gasteiger partial charge in [0.05, 0.1) is 6.61 Å². The number of rotatable bonds is 8. The molecule has 6 nitrogen and oxygen atoms in total. The molecule has 0 spiro atoms. The average molecular weight is 381 g/mol. The van der Waals surface area contributed by atoms with E-state index in [9.17, 15) is 9.59 Å². The van der Waals surface area contributed by atoms with E-state index in [4.69, 9.17) is 10.00 Å². The SMILES string of the molecule is Cc1[nH]c(=O)c(C#N)c(C)c1CCC(=O)NCc1ccc(OCC(C)C)cc1. The summed E-state index contributed by atoms with van der Waals surface area (Å²) in [5.41, 5.74) is 2.92. The summed E-state index contributed by atoms with van der Waals surface area (Å²) in [6.07, 6.45) is 0.755. The van der Waals surface area contributed by atoms with Crippen molar-refractivity contribution in [3.05, 3.63) is 62.6 Å². The Hall–Kier alpha value is -3.07. The normalized spacial score (nSPS) is 10.6. The second-order valence-corrected chi connectivity index (χ2v) is 7.30. The van der Waals surface area contributed by atoms with Crippen LogP contribution in [0.2, 0.25) is 0 Å². The molecular formula is C22H27N3O3. The molecule has 0 bridgehead atoms. The van der Waals surface area contributed by atoms with Crippen molar-refractivity contribution in [1.29, 1.82) is 5.26 Å². The van der Waals surface area contributed by atoms with Crippen LogP contribution in [-0.4, -0.2) is 17.5 Å². The van der Waals surface area contributed by atoms with Gasteiger partial charge in [-0.05, 0) is 55.0 Å². The largest absolute Gasteiger partial charge is 0.493 e. The summed E-state index contributed by atoms with van der Waals surface area (Å²) in [7, 11) is 0. The zero-order valence-corrected chi connectivity index (χ0v) is 16.9. The highest BCUT2D eigenvalue weighted by atomic mass is 16.5. The van der Waals surface area contributed by atoms with Crippen LogP contribution in [0.5, 0.6) is 5.75 Å². The number of ether oxygens (including phenoxy) is 1. The number of hydrogen-bond donors (Lipinski definition) is 2. The Balaban J connectivity index is 1.89. The molecule has 0 saturated carbocycles. The number of carbonyl (C=O) groups excluding carboxylic acids is 1. The zero-order valence-electron chi connectivity index (χ0n) is 16.9. The lowest BCUT2D eigenvalue weighted by molar-refractivity contribution is -0.121. The van der Waals surface area contributed by atoms with Crippen molar-refractivity contribution in [1.82, 2.24) is 10.3 Å².